The Labute approximate surface area is 223 Å². The second-order valence-corrected chi connectivity index (χ2v) is 10.4. The van der Waals surface area contributed by atoms with Crippen LogP contribution in [-0.4, -0.2) is 59.4 Å². The lowest BCUT2D eigenvalue weighted by Crippen LogP contribution is -2.63. The van der Waals surface area contributed by atoms with Crippen LogP contribution >= 0.6 is 0 Å². The first-order chi connectivity index (χ1) is 18.6. The number of carbonyl (C=O) groups is 2. The van der Waals surface area contributed by atoms with Crippen LogP contribution in [0.4, 0.5) is 0 Å². The summed E-state index contributed by atoms with van der Waals surface area (Å²) in [6, 6.07) is 13.0. The van der Waals surface area contributed by atoms with E-state index in [0.717, 1.165) is 47.0 Å². The van der Waals surface area contributed by atoms with E-state index in [1.54, 1.807) is 12.0 Å². The first-order valence-corrected chi connectivity index (χ1v) is 13.8. The summed E-state index contributed by atoms with van der Waals surface area (Å²) in [5.74, 6) is 1.30. The van der Waals surface area contributed by atoms with Crippen molar-refractivity contribution in [2.24, 2.45) is 0 Å². The number of carbonyl (C=O) groups excluding carboxylic acids is 2. The molecule has 7 nitrogen and oxygen atoms in total. The van der Waals surface area contributed by atoms with Crippen LogP contribution in [0.25, 0.3) is 10.9 Å². The van der Waals surface area contributed by atoms with E-state index in [0.29, 0.717) is 31.1 Å². The third-order valence-electron chi connectivity index (χ3n) is 8.23. The number of benzene rings is 2. The number of allylic oxidation sites excluding steroid dienone is 1. The number of para-hydroxylation sites is 1. The smallest absolute Gasteiger partial charge is 0.246 e. The van der Waals surface area contributed by atoms with Crippen molar-refractivity contribution in [3.63, 3.8) is 0 Å². The van der Waals surface area contributed by atoms with Crippen LogP contribution in [-0.2, 0) is 16.0 Å². The van der Waals surface area contributed by atoms with Gasteiger partial charge in [0, 0.05) is 29.6 Å². The molecule has 2 aromatic carbocycles. The van der Waals surface area contributed by atoms with E-state index in [-0.39, 0.29) is 18.4 Å². The molecule has 1 aromatic heterocycles. The lowest BCUT2D eigenvalue weighted by Gasteiger charge is -2.47. The van der Waals surface area contributed by atoms with Gasteiger partial charge in [-0.2, -0.15) is 0 Å². The summed E-state index contributed by atoms with van der Waals surface area (Å²) in [5.41, 5.74) is 5.40. The number of rotatable bonds is 7. The summed E-state index contributed by atoms with van der Waals surface area (Å²) in [5, 5.41) is 1.11. The summed E-state index contributed by atoms with van der Waals surface area (Å²) in [4.78, 5) is 34.9. The van der Waals surface area contributed by atoms with Crippen molar-refractivity contribution in [3.8, 4) is 11.5 Å². The third-order valence-corrected chi connectivity index (χ3v) is 8.23. The van der Waals surface area contributed by atoms with E-state index in [1.807, 2.05) is 42.2 Å². The van der Waals surface area contributed by atoms with Gasteiger partial charge >= 0.3 is 0 Å². The third kappa shape index (κ3) is 4.24. The maximum absolute atomic E-state index is 13.9. The molecule has 1 aliphatic carbocycles. The first-order valence-electron chi connectivity index (χ1n) is 13.8. The molecule has 2 unspecified atom stereocenters. The molecule has 1 fully saturated rings. The predicted molar refractivity (Wildman–Crippen MR) is 146 cm³/mol. The van der Waals surface area contributed by atoms with Gasteiger partial charge in [0.25, 0.3) is 0 Å². The first kappa shape index (κ1) is 24.6. The van der Waals surface area contributed by atoms with E-state index in [2.05, 4.69) is 23.2 Å². The SMILES string of the molecule is CCOc1ccc(C2c3[nH]c4ccccc4c3CC3C(=O)N(CCC4=CCCCC4)CC(=O)N32)cc1OC. The van der Waals surface area contributed by atoms with Gasteiger partial charge in [0.05, 0.1) is 26.3 Å². The number of amides is 2. The maximum Gasteiger partial charge on any atom is 0.246 e. The quantitative estimate of drug-likeness (QED) is 0.444. The normalized spacial score (nSPS) is 21.3. The number of piperazine rings is 1. The second-order valence-electron chi connectivity index (χ2n) is 10.4. The predicted octanol–water partition coefficient (Wildman–Crippen LogP) is 5.15. The average Bonchev–Trinajstić information content (AvgIpc) is 3.32. The van der Waals surface area contributed by atoms with Gasteiger partial charge in [-0.3, -0.25) is 9.59 Å². The van der Waals surface area contributed by atoms with Gasteiger partial charge in [0.15, 0.2) is 11.5 Å². The number of hydrogen-bond acceptors (Lipinski definition) is 4. The number of H-pyrrole nitrogens is 1. The molecule has 2 aliphatic heterocycles. The molecule has 1 N–H and O–H groups in total. The van der Waals surface area contributed by atoms with Gasteiger partial charge in [0.2, 0.25) is 11.8 Å². The Morgan fingerprint density at radius 2 is 1.95 bits per heavy atom. The molecule has 0 radical (unpaired) electrons. The minimum absolute atomic E-state index is 0.0191. The van der Waals surface area contributed by atoms with E-state index >= 15 is 0 Å². The zero-order valence-electron chi connectivity index (χ0n) is 22.2. The molecule has 3 heterocycles. The van der Waals surface area contributed by atoms with E-state index in [4.69, 9.17) is 9.47 Å². The van der Waals surface area contributed by atoms with Crippen LogP contribution < -0.4 is 9.47 Å². The van der Waals surface area contributed by atoms with Crippen molar-refractivity contribution >= 4 is 22.7 Å². The van der Waals surface area contributed by atoms with Crippen LogP contribution in [0, 0.1) is 0 Å². The average molecular weight is 514 g/mol. The van der Waals surface area contributed by atoms with Gasteiger partial charge in [0.1, 0.15) is 6.04 Å². The van der Waals surface area contributed by atoms with Crippen molar-refractivity contribution in [3.05, 3.63) is 70.9 Å². The van der Waals surface area contributed by atoms with Crippen molar-refractivity contribution in [2.75, 3.05) is 26.8 Å². The van der Waals surface area contributed by atoms with Gasteiger partial charge < -0.3 is 24.3 Å². The van der Waals surface area contributed by atoms with Crippen molar-refractivity contribution in [1.82, 2.24) is 14.8 Å². The molecule has 2 amide bonds. The van der Waals surface area contributed by atoms with Gasteiger partial charge in [-0.1, -0.05) is 35.9 Å². The number of aromatic nitrogens is 1. The molecule has 1 saturated heterocycles. The summed E-state index contributed by atoms with van der Waals surface area (Å²) in [6.45, 7) is 3.18. The highest BCUT2D eigenvalue weighted by atomic mass is 16.5. The second kappa shape index (κ2) is 10.2. The summed E-state index contributed by atoms with van der Waals surface area (Å²) in [6.07, 6.45) is 8.36. The number of ether oxygens (including phenoxy) is 2. The zero-order chi connectivity index (χ0) is 26.2. The highest BCUT2D eigenvalue weighted by molar-refractivity contribution is 5.97. The minimum Gasteiger partial charge on any atom is -0.493 e. The fraction of sp³-hybridized carbons (Fsp3) is 0.419. The Hall–Kier alpha value is -3.74. The Balaban J connectivity index is 1.40. The maximum atomic E-state index is 13.9. The van der Waals surface area contributed by atoms with Crippen molar-refractivity contribution in [1.29, 1.82) is 0 Å². The van der Waals surface area contributed by atoms with Crippen LogP contribution in [0.1, 0.15) is 61.9 Å². The largest absolute Gasteiger partial charge is 0.493 e. The van der Waals surface area contributed by atoms with E-state index in [1.165, 1.54) is 18.4 Å². The number of methoxy groups -OCH3 is 1. The minimum atomic E-state index is -0.536. The molecular weight excluding hydrogens is 478 g/mol. The molecule has 3 aliphatic rings. The summed E-state index contributed by atoms with van der Waals surface area (Å²) in [7, 11) is 1.62. The van der Waals surface area contributed by atoms with Crippen LogP contribution in [0.5, 0.6) is 11.5 Å². The number of aromatic amines is 1. The topological polar surface area (TPSA) is 74.9 Å². The molecule has 6 rings (SSSR count). The van der Waals surface area contributed by atoms with E-state index < -0.39 is 12.1 Å². The Bertz CT molecular complexity index is 1410. The van der Waals surface area contributed by atoms with Crippen LogP contribution in [0.3, 0.4) is 0 Å². The molecule has 7 heteroatoms. The molecule has 2 atom stereocenters. The highest BCUT2D eigenvalue weighted by Gasteiger charge is 2.48. The summed E-state index contributed by atoms with van der Waals surface area (Å²) < 4.78 is 11.4. The molecule has 38 heavy (non-hydrogen) atoms. The molecular formula is C31H35N3O4. The van der Waals surface area contributed by atoms with Gasteiger partial charge in [-0.15, -0.1) is 0 Å². The number of nitrogens with one attached hydrogen (secondary N) is 1. The van der Waals surface area contributed by atoms with Crippen molar-refractivity contribution in [2.45, 2.75) is 57.5 Å². The van der Waals surface area contributed by atoms with E-state index in [9.17, 15) is 9.59 Å². The molecule has 0 spiro atoms. The lowest BCUT2D eigenvalue weighted by atomic mass is 9.86. The molecule has 0 saturated carbocycles. The lowest BCUT2D eigenvalue weighted by molar-refractivity contribution is -0.158. The molecule has 3 aromatic rings. The standard InChI is InChI=1S/C31H35N3O4/c1-3-38-26-14-13-21(17-27(26)37-2)30-29-23(22-11-7-8-12-24(22)32-29)18-25-31(36)33(19-28(35)34(25)30)16-15-20-9-5-4-6-10-20/h7-9,11-14,17,25,30,32H,3-6,10,15-16,18-19H2,1-2H3. The number of nitrogens with zero attached hydrogens (tertiary/aromatic N) is 2. The highest BCUT2D eigenvalue weighted by Crippen LogP contribution is 2.44. The fourth-order valence-corrected chi connectivity index (χ4v) is 6.40. The van der Waals surface area contributed by atoms with Crippen LogP contribution in [0.15, 0.2) is 54.1 Å². The zero-order valence-corrected chi connectivity index (χ0v) is 22.2. The number of fused-ring (bicyclic) bond motifs is 4. The number of hydrogen-bond donors (Lipinski definition) is 1. The van der Waals surface area contributed by atoms with Crippen LogP contribution in [0.2, 0.25) is 0 Å². The Kier molecular flexibility index (Phi) is 6.60. The Morgan fingerprint density at radius 1 is 1.08 bits per heavy atom. The molecule has 198 valence electrons. The monoisotopic (exact) mass is 513 g/mol. The Morgan fingerprint density at radius 3 is 2.74 bits per heavy atom. The van der Waals surface area contributed by atoms with Gasteiger partial charge in [-0.25, -0.2) is 0 Å². The van der Waals surface area contributed by atoms with Crippen molar-refractivity contribution < 1.29 is 19.1 Å². The fourth-order valence-electron chi connectivity index (χ4n) is 6.40. The summed E-state index contributed by atoms with van der Waals surface area (Å²) >= 11 is 0. The van der Waals surface area contributed by atoms with Gasteiger partial charge in [-0.05, 0) is 68.4 Å². The molecule has 0 bridgehead atoms.